The van der Waals surface area contributed by atoms with E-state index in [1.807, 2.05) is 36.2 Å². The maximum absolute atomic E-state index is 10.2. The fourth-order valence-electron chi connectivity index (χ4n) is 2.93. The second-order valence-corrected chi connectivity index (χ2v) is 6.74. The molecule has 0 aliphatic rings. The minimum Gasteiger partial charge on any atom is -0.388 e. The van der Waals surface area contributed by atoms with Gasteiger partial charge in [0, 0.05) is 35.3 Å². The average molecular weight is 307 g/mol. The molecule has 0 amide bonds. The molecular formula is C16H25N3OS. The molecule has 3 atom stereocenters. The van der Waals surface area contributed by atoms with E-state index in [4.69, 9.17) is 0 Å². The van der Waals surface area contributed by atoms with Crippen LogP contribution in [0.25, 0.3) is 0 Å². The van der Waals surface area contributed by atoms with Crippen molar-refractivity contribution in [3.63, 3.8) is 0 Å². The predicted octanol–water partition coefficient (Wildman–Crippen LogP) is 3.26. The Morgan fingerprint density at radius 1 is 1.38 bits per heavy atom. The van der Waals surface area contributed by atoms with Gasteiger partial charge in [-0.1, -0.05) is 6.07 Å². The number of rotatable bonds is 6. The molecular weight excluding hydrogens is 282 g/mol. The Morgan fingerprint density at radius 3 is 2.62 bits per heavy atom. The molecule has 2 heterocycles. The number of hydrogen-bond acceptors (Lipinski definition) is 4. The van der Waals surface area contributed by atoms with Gasteiger partial charge in [-0.05, 0) is 45.6 Å². The summed E-state index contributed by atoms with van der Waals surface area (Å²) in [5.74, 6) is 0. The first-order valence-electron chi connectivity index (χ1n) is 7.37. The highest BCUT2D eigenvalue weighted by Crippen LogP contribution is 2.25. The van der Waals surface area contributed by atoms with Crippen LogP contribution in [0.1, 0.15) is 54.2 Å². The molecule has 0 aliphatic heterocycles. The van der Waals surface area contributed by atoms with Crippen LogP contribution in [0.5, 0.6) is 0 Å². The number of aliphatic hydroxyl groups excluding tert-OH is 1. The summed E-state index contributed by atoms with van der Waals surface area (Å²) in [6, 6.07) is 4.42. The van der Waals surface area contributed by atoms with Crippen LogP contribution in [-0.4, -0.2) is 20.9 Å². The van der Waals surface area contributed by atoms with E-state index in [9.17, 15) is 5.11 Å². The van der Waals surface area contributed by atoms with Crippen molar-refractivity contribution in [1.29, 1.82) is 0 Å². The molecule has 0 fully saturated rings. The second kappa shape index (κ2) is 6.73. The maximum atomic E-state index is 10.2. The molecule has 0 spiro atoms. The SMILES string of the molecule is Cc1nn(C)c(C)c1C(C)NC(C)CC(O)c1cccs1. The van der Waals surface area contributed by atoms with Crippen molar-refractivity contribution in [2.24, 2.45) is 7.05 Å². The van der Waals surface area contributed by atoms with Crippen LogP contribution >= 0.6 is 11.3 Å². The lowest BCUT2D eigenvalue weighted by Gasteiger charge is -2.22. The van der Waals surface area contributed by atoms with E-state index in [1.165, 1.54) is 11.3 Å². The third-order valence-electron chi connectivity index (χ3n) is 3.98. The minimum absolute atomic E-state index is 0.226. The summed E-state index contributed by atoms with van der Waals surface area (Å²) in [7, 11) is 1.97. The zero-order chi connectivity index (χ0) is 15.6. The molecule has 5 heteroatoms. The zero-order valence-electron chi connectivity index (χ0n) is 13.4. The number of thiophene rings is 1. The Hall–Kier alpha value is -1.17. The van der Waals surface area contributed by atoms with E-state index >= 15 is 0 Å². The number of aromatic nitrogens is 2. The minimum atomic E-state index is -0.393. The molecule has 21 heavy (non-hydrogen) atoms. The van der Waals surface area contributed by atoms with Crippen molar-refractivity contribution in [3.8, 4) is 0 Å². The molecule has 2 aromatic rings. The van der Waals surface area contributed by atoms with Crippen molar-refractivity contribution in [1.82, 2.24) is 15.1 Å². The van der Waals surface area contributed by atoms with E-state index in [0.717, 1.165) is 10.6 Å². The maximum Gasteiger partial charge on any atom is 0.0896 e. The lowest BCUT2D eigenvalue weighted by Crippen LogP contribution is -2.31. The standard InChI is InChI=1S/C16H25N3OS/c1-10(9-14(20)15-7-6-8-21-15)17-11(2)16-12(3)18-19(5)13(16)4/h6-8,10-11,14,17,20H,9H2,1-5H3. The summed E-state index contributed by atoms with van der Waals surface area (Å²) in [6.07, 6.45) is 0.319. The Morgan fingerprint density at radius 2 is 2.10 bits per heavy atom. The Bertz CT molecular complexity index is 577. The van der Waals surface area contributed by atoms with Gasteiger partial charge < -0.3 is 10.4 Å². The Kier molecular flexibility index (Phi) is 5.19. The summed E-state index contributed by atoms with van der Waals surface area (Å²) in [5, 5.41) is 20.3. The highest BCUT2D eigenvalue weighted by atomic mass is 32.1. The van der Waals surface area contributed by atoms with Gasteiger partial charge in [0.1, 0.15) is 0 Å². The molecule has 2 N–H and O–H groups in total. The highest BCUT2D eigenvalue weighted by Gasteiger charge is 2.20. The van der Waals surface area contributed by atoms with Gasteiger partial charge in [0.05, 0.1) is 11.8 Å². The van der Waals surface area contributed by atoms with E-state index in [1.54, 1.807) is 11.3 Å². The molecule has 0 aromatic carbocycles. The van der Waals surface area contributed by atoms with E-state index in [0.29, 0.717) is 6.42 Å². The van der Waals surface area contributed by atoms with Gasteiger partial charge in [-0.3, -0.25) is 4.68 Å². The van der Waals surface area contributed by atoms with Gasteiger partial charge in [-0.15, -0.1) is 11.3 Å². The number of nitrogens with zero attached hydrogens (tertiary/aromatic N) is 2. The molecule has 2 rings (SSSR count). The van der Waals surface area contributed by atoms with Gasteiger partial charge in [-0.25, -0.2) is 0 Å². The lowest BCUT2D eigenvalue weighted by atomic mass is 10.0. The van der Waals surface area contributed by atoms with Crippen LogP contribution in [-0.2, 0) is 7.05 Å². The zero-order valence-corrected chi connectivity index (χ0v) is 14.2. The van der Waals surface area contributed by atoms with E-state index in [-0.39, 0.29) is 12.1 Å². The lowest BCUT2D eigenvalue weighted by molar-refractivity contribution is 0.155. The number of nitrogens with one attached hydrogen (secondary N) is 1. The summed E-state index contributed by atoms with van der Waals surface area (Å²) in [5.41, 5.74) is 3.52. The number of hydrogen-bond donors (Lipinski definition) is 2. The topological polar surface area (TPSA) is 50.1 Å². The smallest absolute Gasteiger partial charge is 0.0896 e. The Balaban J connectivity index is 1.97. The normalized spacial score (nSPS) is 15.9. The van der Waals surface area contributed by atoms with Gasteiger partial charge in [-0.2, -0.15) is 5.10 Å². The number of aryl methyl sites for hydroxylation is 2. The molecule has 0 bridgehead atoms. The first kappa shape index (κ1) is 16.2. The number of aliphatic hydroxyl groups is 1. The van der Waals surface area contributed by atoms with Gasteiger partial charge >= 0.3 is 0 Å². The van der Waals surface area contributed by atoms with Crippen LogP contribution in [0.15, 0.2) is 17.5 Å². The van der Waals surface area contributed by atoms with Gasteiger partial charge in [0.2, 0.25) is 0 Å². The fourth-order valence-corrected chi connectivity index (χ4v) is 3.65. The summed E-state index contributed by atoms with van der Waals surface area (Å²) in [4.78, 5) is 1.03. The quantitative estimate of drug-likeness (QED) is 0.861. The summed E-state index contributed by atoms with van der Waals surface area (Å²) < 4.78 is 1.92. The first-order chi connectivity index (χ1) is 9.90. The molecule has 2 aromatic heterocycles. The molecule has 0 radical (unpaired) electrons. The highest BCUT2D eigenvalue weighted by molar-refractivity contribution is 7.10. The third-order valence-corrected chi connectivity index (χ3v) is 4.95. The monoisotopic (exact) mass is 307 g/mol. The average Bonchev–Trinajstić information content (AvgIpc) is 2.99. The Labute approximate surface area is 130 Å². The van der Waals surface area contributed by atoms with Crippen molar-refractivity contribution >= 4 is 11.3 Å². The van der Waals surface area contributed by atoms with Crippen molar-refractivity contribution in [2.75, 3.05) is 0 Å². The van der Waals surface area contributed by atoms with E-state index < -0.39 is 6.10 Å². The molecule has 116 valence electrons. The third kappa shape index (κ3) is 3.73. The summed E-state index contributed by atoms with van der Waals surface area (Å²) >= 11 is 1.61. The molecule has 3 unspecified atom stereocenters. The van der Waals surface area contributed by atoms with Gasteiger partial charge in [0.25, 0.3) is 0 Å². The molecule has 0 saturated carbocycles. The molecule has 0 saturated heterocycles. The van der Waals surface area contributed by atoms with Crippen molar-refractivity contribution < 1.29 is 5.11 Å². The predicted molar refractivity (Wildman–Crippen MR) is 87.6 cm³/mol. The second-order valence-electron chi connectivity index (χ2n) is 5.76. The van der Waals surface area contributed by atoms with Crippen LogP contribution in [0.4, 0.5) is 0 Å². The molecule has 0 aliphatic carbocycles. The first-order valence-corrected chi connectivity index (χ1v) is 8.25. The molecule has 4 nitrogen and oxygen atoms in total. The van der Waals surface area contributed by atoms with Crippen LogP contribution in [0, 0.1) is 13.8 Å². The van der Waals surface area contributed by atoms with Crippen molar-refractivity contribution in [2.45, 2.75) is 52.3 Å². The fraction of sp³-hybridized carbons (Fsp3) is 0.562. The summed E-state index contributed by atoms with van der Waals surface area (Å²) in [6.45, 7) is 8.42. The largest absolute Gasteiger partial charge is 0.388 e. The van der Waals surface area contributed by atoms with Crippen LogP contribution < -0.4 is 5.32 Å². The van der Waals surface area contributed by atoms with Gasteiger partial charge in [0.15, 0.2) is 0 Å². The van der Waals surface area contributed by atoms with Crippen LogP contribution in [0.2, 0.25) is 0 Å². The van der Waals surface area contributed by atoms with E-state index in [2.05, 4.69) is 31.2 Å². The van der Waals surface area contributed by atoms with Crippen LogP contribution in [0.3, 0.4) is 0 Å². The van der Waals surface area contributed by atoms with Crippen molar-refractivity contribution in [3.05, 3.63) is 39.3 Å².